The molecule has 0 radical (unpaired) electrons. The molecule has 0 aromatic heterocycles. The number of carbonyl (C=O) groups excluding carboxylic acids is 2. The number of ether oxygens (including phenoxy) is 2. The van der Waals surface area contributed by atoms with Gasteiger partial charge in [0.05, 0.1) is 0 Å². The Morgan fingerprint density at radius 3 is 2.48 bits per heavy atom. The van der Waals surface area contributed by atoms with Crippen LogP contribution < -0.4 is 10.1 Å². The van der Waals surface area contributed by atoms with Crippen LogP contribution in [0.5, 0.6) is 5.75 Å². The van der Waals surface area contributed by atoms with E-state index >= 15 is 0 Å². The molecule has 0 bridgehead atoms. The molecule has 0 saturated heterocycles. The van der Waals surface area contributed by atoms with E-state index in [1.54, 1.807) is 13.0 Å². The molecule has 0 aliphatic carbocycles. The Bertz CT molecular complexity index is 770. The third-order valence-corrected chi connectivity index (χ3v) is 3.77. The van der Waals surface area contributed by atoms with Crippen molar-refractivity contribution in [2.24, 2.45) is 0 Å². The highest BCUT2D eigenvalue weighted by atomic mass is 16.6. The summed E-state index contributed by atoms with van der Waals surface area (Å²) in [5, 5.41) is 2.70. The van der Waals surface area contributed by atoms with Crippen LogP contribution in [-0.2, 0) is 14.3 Å². The second kappa shape index (κ2) is 8.33. The zero-order valence-electron chi connectivity index (χ0n) is 15.0. The van der Waals surface area contributed by atoms with Crippen molar-refractivity contribution in [3.05, 3.63) is 59.2 Å². The van der Waals surface area contributed by atoms with E-state index in [2.05, 4.69) is 5.32 Å². The van der Waals surface area contributed by atoms with Gasteiger partial charge in [-0.05, 0) is 68.7 Å². The number of aryl methyl sites for hydroxylation is 3. The van der Waals surface area contributed by atoms with Crippen molar-refractivity contribution >= 4 is 17.6 Å². The number of hydrogen-bond acceptors (Lipinski definition) is 4. The van der Waals surface area contributed by atoms with Crippen LogP contribution in [0.25, 0.3) is 0 Å². The lowest BCUT2D eigenvalue weighted by molar-refractivity contribution is -0.153. The number of benzene rings is 2. The van der Waals surface area contributed by atoms with E-state index in [1.165, 1.54) is 0 Å². The van der Waals surface area contributed by atoms with Crippen molar-refractivity contribution in [1.82, 2.24) is 0 Å². The van der Waals surface area contributed by atoms with Gasteiger partial charge in [-0.3, -0.25) is 4.79 Å². The Kier molecular flexibility index (Phi) is 6.17. The van der Waals surface area contributed by atoms with Gasteiger partial charge in [-0.15, -0.1) is 0 Å². The molecule has 25 heavy (non-hydrogen) atoms. The lowest BCUT2D eigenvalue weighted by atomic mass is 10.1. The van der Waals surface area contributed by atoms with Gasteiger partial charge >= 0.3 is 5.97 Å². The fourth-order valence-electron chi connectivity index (χ4n) is 2.21. The SMILES string of the molecule is Cc1cccc(O[C@H](C)C(=O)OCC(=O)Nc2ccc(C)c(C)c2)c1. The number of hydrogen-bond donors (Lipinski definition) is 1. The molecular weight excluding hydrogens is 318 g/mol. The molecule has 0 fully saturated rings. The average Bonchev–Trinajstić information content (AvgIpc) is 2.56. The first-order chi connectivity index (χ1) is 11.8. The molecule has 2 aromatic carbocycles. The van der Waals surface area contributed by atoms with E-state index in [4.69, 9.17) is 9.47 Å². The number of amides is 1. The van der Waals surface area contributed by atoms with E-state index < -0.39 is 12.1 Å². The summed E-state index contributed by atoms with van der Waals surface area (Å²) in [6.45, 7) is 7.14. The van der Waals surface area contributed by atoms with Gasteiger partial charge in [0.15, 0.2) is 12.7 Å². The van der Waals surface area contributed by atoms with Crippen molar-refractivity contribution in [2.75, 3.05) is 11.9 Å². The average molecular weight is 341 g/mol. The number of nitrogens with one attached hydrogen (secondary N) is 1. The van der Waals surface area contributed by atoms with Crippen molar-refractivity contribution < 1.29 is 19.1 Å². The predicted octanol–water partition coefficient (Wildman–Crippen LogP) is 3.56. The molecule has 5 nitrogen and oxygen atoms in total. The summed E-state index contributed by atoms with van der Waals surface area (Å²) >= 11 is 0. The van der Waals surface area contributed by atoms with Gasteiger partial charge in [0.25, 0.3) is 5.91 Å². The Morgan fingerprint density at radius 2 is 1.80 bits per heavy atom. The zero-order valence-corrected chi connectivity index (χ0v) is 15.0. The normalized spacial score (nSPS) is 11.5. The highest BCUT2D eigenvalue weighted by molar-refractivity contribution is 5.93. The van der Waals surface area contributed by atoms with Gasteiger partial charge in [-0.2, -0.15) is 0 Å². The largest absolute Gasteiger partial charge is 0.479 e. The highest BCUT2D eigenvalue weighted by Gasteiger charge is 2.18. The van der Waals surface area contributed by atoms with Crippen LogP contribution in [0.15, 0.2) is 42.5 Å². The quantitative estimate of drug-likeness (QED) is 0.816. The Morgan fingerprint density at radius 1 is 1.04 bits per heavy atom. The maximum atomic E-state index is 12.0. The molecule has 1 N–H and O–H groups in total. The van der Waals surface area contributed by atoms with Crippen molar-refractivity contribution in [3.8, 4) is 5.75 Å². The molecule has 0 aliphatic heterocycles. The molecule has 5 heteroatoms. The van der Waals surface area contributed by atoms with Crippen LogP contribution in [-0.4, -0.2) is 24.6 Å². The smallest absolute Gasteiger partial charge is 0.347 e. The lowest BCUT2D eigenvalue weighted by Gasteiger charge is -2.14. The topological polar surface area (TPSA) is 64.6 Å². The van der Waals surface area contributed by atoms with E-state index in [-0.39, 0.29) is 12.5 Å². The number of carbonyl (C=O) groups is 2. The Labute approximate surface area is 148 Å². The monoisotopic (exact) mass is 341 g/mol. The van der Waals surface area contributed by atoms with Crippen LogP contribution in [0.4, 0.5) is 5.69 Å². The molecule has 1 atom stereocenters. The van der Waals surface area contributed by atoms with Gasteiger partial charge < -0.3 is 14.8 Å². The molecule has 1 amide bonds. The fourth-order valence-corrected chi connectivity index (χ4v) is 2.21. The van der Waals surface area contributed by atoms with E-state index in [1.807, 2.05) is 57.2 Å². The molecular formula is C20H23NO4. The Balaban J connectivity index is 1.82. The summed E-state index contributed by atoms with van der Waals surface area (Å²) in [6, 6.07) is 13.0. The first kappa shape index (κ1) is 18.5. The predicted molar refractivity (Wildman–Crippen MR) is 96.8 cm³/mol. The summed E-state index contributed by atoms with van der Waals surface area (Å²) in [5.74, 6) is -0.389. The second-order valence-corrected chi connectivity index (χ2v) is 6.03. The first-order valence-electron chi connectivity index (χ1n) is 8.12. The zero-order chi connectivity index (χ0) is 18.4. The molecule has 2 rings (SSSR count). The van der Waals surface area contributed by atoms with Gasteiger partial charge in [-0.25, -0.2) is 4.79 Å². The van der Waals surface area contributed by atoms with Crippen LogP contribution in [0.2, 0.25) is 0 Å². The third-order valence-electron chi connectivity index (χ3n) is 3.77. The first-order valence-corrected chi connectivity index (χ1v) is 8.12. The Hall–Kier alpha value is -2.82. The van der Waals surface area contributed by atoms with Crippen molar-refractivity contribution in [3.63, 3.8) is 0 Å². The van der Waals surface area contributed by atoms with E-state index in [0.29, 0.717) is 11.4 Å². The van der Waals surface area contributed by atoms with Crippen LogP contribution in [0, 0.1) is 20.8 Å². The molecule has 0 unspecified atom stereocenters. The van der Waals surface area contributed by atoms with Crippen LogP contribution in [0.3, 0.4) is 0 Å². The molecule has 132 valence electrons. The minimum atomic E-state index is -0.795. The maximum Gasteiger partial charge on any atom is 0.347 e. The summed E-state index contributed by atoms with van der Waals surface area (Å²) in [7, 11) is 0. The number of anilines is 1. The summed E-state index contributed by atoms with van der Waals surface area (Å²) in [4.78, 5) is 23.9. The standard InChI is InChI=1S/C20H23NO4/c1-13-6-5-7-18(10-13)25-16(4)20(23)24-12-19(22)21-17-9-8-14(2)15(3)11-17/h5-11,16H,12H2,1-4H3,(H,21,22)/t16-/m1/s1. The van der Waals surface area contributed by atoms with Gasteiger partial charge in [0, 0.05) is 5.69 Å². The van der Waals surface area contributed by atoms with Gasteiger partial charge in [0.1, 0.15) is 5.75 Å². The second-order valence-electron chi connectivity index (χ2n) is 6.03. The summed E-state index contributed by atoms with van der Waals surface area (Å²) in [5.41, 5.74) is 3.93. The number of rotatable bonds is 6. The third kappa shape index (κ3) is 5.64. The minimum Gasteiger partial charge on any atom is -0.479 e. The van der Waals surface area contributed by atoms with E-state index in [9.17, 15) is 9.59 Å². The molecule has 0 heterocycles. The molecule has 0 aliphatic rings. The molecule has 0 saturated carbocycles. The number of esters is 1. The summed E-state index contributed by atoms with van der Waals surface area (Å²) in [6.07, 6.45) is -0.795. The summed E-state index contributed by atoms with van der Waals surface area (Å²) < 4.78 is 10.5. The van der Waals surface area contributed by atoms with Crippen LogP contribution in [0.1, 0.15) is 23.6 Å². The van der Waals surface area contributed by atoms with Crippen molar-refractivity contribution in [2.45, 2.75) is 33.8 Å². The minimum absolute atomic E-state index is 0.354. The fraction of sp³-hybridized carbons (Fsp3) is 0.300. The highest BCUT2D eigenvalue weighted by Crippen LogP contribution is 2.15. The molecule has 2 aromatic rings. The lowest BCUT2D eigenvalue weighted by Crippen LogP contribution is -2.29. The molecule has 0 spiro atoms. The van der Waals surface area contributed by atoms with Crippen molar-refractivity contribution in [1.29, 1.82) is 0 Å². The maximum absolute atomic E-state index is 12.0. The van der Waals surface area contributed by atoms with E-state index in [0.717, 1.165) is 16.7 Å². The van der Waals surface area contributed by atoms with Gasteiger partial charge in [0.2, 0.25) is 0 Å². The van der Waals surface area contributed by atoms with Crippen LogP contribution >= 0.6 is 0 Å². The van der Waals surface area contributed by atoms with Gasteiger partial charge in [-0.1, -0.05) is 18.2 Å².